The molecule has 1 aromatic heterocycles. The molecule has 102 valence electrons. The van der Waals surface area contributed by atoms with Crippen molar-refractivity contribution in [3.8, 4) is 0 Å². The van der Waals surface area contributed by atoms with Crippen molar-refractivity contribution >= 4 is 27.5 Å². The molecule has 0 saturated carbocycles. The predicted octanol–water partition coefficient (Wildman–Crippen LogP) is 3.65. The number of aromatic nitrogens is 2. The number of rotatable bonds is 4. The molecule has 0 fully saturated rings. The van der Waals surface area contributed by atoms with E-state index in [1.54, 1.807) is 0 Å². The minimum atomic E-state index is 0.197. The van der Waals surface area contributed by atoms with Gasteiger partial charge in [0.1, 0.15) is 0 Å². The van der Waals surface area contributed by atoms with E-state index in [0.717, 1.165) is 27.3 Å². The van der Waals surface area contributed by atoms with Gasteiger partial charge in [-0.1, -0.05) is 45.7 Å². The highest BCUT2D eigenvalue weighted by atomic mass is 79.9. The Hall–Kier alpha value is -0.840. The highest BCUT2D eigenvalue weighted by Crippen LogP contribution is 2.29. The highest BCUT2D eigenvalue weighted by molar-refractivity contribution is 9.10. The lowest BCUT2D eigenvalue weighted by atomic mass is 10.0. The molecule has 0 amide bonds. The number of hydrogen-bond donors (Lipinski definition) is 1. The Labute approximate surface area is 127 Å². The monoisotopic (exact) mass is 341 g/mol. The zero-order chi connectivity index (χ0) is 14.0. The smallest absolute Gasteiger partial charge is 0.0847 e. The molecule has 0 radical (unpaired) electrons. The van der Waals surface area contributed by atoms with Crippen LogP contribution in [0, 0.1) is 6.92 Å². The van der Waals surface area contributed by atoms with Crippen LogP contribution in [0.25, 0.3) is 0 Å². The van der Waals surface area contributed by atoms with Crippen LogP contribution in [-0.4, -0.2) is 16.8 Å². The summed E-state index contributed by atoms with van der Waals surface area (Å²) in [5, 5.41) is 8.46. The van der Waals surface area contributed by atoms with E-state index in [0.29, 0.717) is 0 Å². The maximum atomic E-state index is 6.32. The van der Waals surface area contributed by atoms with Crippen molar-refractivity contribution in [1.29, 1.82) is 0 Å². The maximum Gasteiger partial charge on any atom is 0.0847 e. The van der Waals surface area contributed by atoms with Crippen molar-refractivity contribution in [2.45, 2.75) is 19.4 Å². The molecule has 0 bridgehead atoms. The van der Waals surface area contributed by atoms with Crippen molar-refractivity contribution in [2.24, 2.45) is 7.05 Å². The lowest BCUT2D eigenvalue weighted by molar-refractivity contribution is 0.559. The molecule has 0 saturated heterocycles. The van der Waals surface area contributed by atoms with Gasteiger partial charge in [-0.3, -0.25) is 4.68 Å². The molecular weight excluding hydrogens is 326 g/mol. The molecule has 2 aromatic rings. The van der Waals surface area contributed by atoms with Gasteiger partial charge in [0.05, 0.1) is 16.4 Å². The minimum Gasteiger partial charge on any atom is -0.313 e. The van der Waals surface area contributed by atoms with E-state index >= 15 is 0 Å². The Bertz CT molecular complexity index is 580. The first-order chi connectivity index (χ1) is 9.04. The van der Waals surface area contributed by atoms with Crippen molar-refractivity contribution in [2.75, 3.05) is 7.05 Å². The van der Waals surface area contributed by atoms with E-state index in [-0.39, 0.29) is 6.04 Å². The minimum absolute atomic E-state index is 0.197. The largest absolute Gasteiger partial charge is 0.313 e. The molecule has 2 rings (SSSR count). The fraction of sp³-hybridized carbons (Fsp3) is 0.357. The third kappa shape index (κ3) is 3.02. The number of nitrogens with zero attached hydrogens (tertiary/aromatic N) is 2. The molecule has 3 nitrogen and oxygen atoms in total. The second kappa shape index (κ2) is 6.07. The van der Waals surface area contributed by atoms with Crippen LogP contribution in [0.2, 0.25) is 5.02 Å². The highest BCUT2D eigenvalue weighted by Gasteiger charge is 2.18. The molecule has 5 heteroatoms. The van der Waals surface area contributed by atoms with Crippen molar-refractivity contribution in [3.05, 3.63) is 50.7 Å². The number of halogens is 2. The van der Waals surface area contributed by atoms with Crippen molar-refractivity contribution in [3.63, 3.8) is 0 Å². The van der Waals surface area contributed by atoms with Crippen LogP contribution in [0.1, 0.15) is 23.0 Å². The Kier molecular flexibility index (Phi) is 4.66. The topological polar surface area (TPSA) is 29.9 Å². The van der Waals surface area contributed by atoms with E-state index in [1.807, 2.05) is 37.8 Å². The van der Waals surface area contributed by atoms with Crippen LogP contribution in [0.3, 0.4) is 0 Å². The zero-order valence-electron chi connectivity index (χ0n) is 11.2. The average molecular weight is 343 g/mol. The summed E-state index contributed by atoms with van der Waals surface area (Å²) in [6.45, 7) is 1.93. The van der Waals surface area contributed by atoms with Gasteiger partial charge in [-0.2, -0.15) is 5.10 Å². The molecule has 0 aliphatic rings. The SMILES string of the molecule is CNC(Cc1c(Cl)c(C)nn1C)c1ccccc1Br. The lowest BCUT2D eigenvalue weighted by Gasteiger charge is -2.18. The van der Waals surface area contributed by atoms with E-state index in [4.69, 9.17) is 11.6 Å². The van der Waals surface area contributed by atoms with Crippen molar-refractivity contribution in [1.82, 2.24) is 15.1 Å². The van der Waals surface area contributed by atoms with Gasteiger partial charge >= 0.3 is 0 Å². The van der Waals surface area contributed by atoms with E-state index < -0.39 is 0 Å². The Morgan fingerprint density at radius 2 is 2.11 bits per heavy atom. The maximum absolute atomic E-state index is 6.32. The molecule has 0 aliphatic carbocycles. The summed E-state index contributed by atoms with van der Waals surface area (Å²) in [4.78, 5) is 0. The first kappa shape index (κ1) is 14.6. The molecule has 0 aliphatic heterocycles. The third-order valence-corrected chi connectivity index (χ3v) is 4.50. The van der Waals surface area contributed by atoms with Gasteiger partial charge in [0.15, 0.2) is 0 Å². The summed E-state index contributed by atoms with van der Waals surface area (Å²) < 4.78 is 2.96. The fourth-order valence-electron chi connectivity index (χ4n) is 2.22. The van der Waals surface area contributed by atoms with Crippen molar-refractivity contribution < 1.29 is 0 Å². The molecule has 0 spiro atoms. The second-order valence-corrected chi connectivity index (χ2v) is 5.77. The summed E-state index contributed by atoms with van der Waals surface area (Å²) in [5.74, 6) is 0. The summed E-state index contributed by atoms with van der Waals surface area (Å²) in [5.41, 5.74) is 3.15. The Balaban J connectivity index is 2.32. The van der Waals surface area contributed by atoms with Gasteiger partial charge in [0, 0.05) is 24.0 Å². The summed E-state index contributed by atoms with van der Waals surface area (Å²) >= 11 is 9.92. The Morgan fingerprint density at radius 3 is 2.63 bits per heavy atom. The van der Waals surface area contributed by atoms with Crippen LogP contribution < -0.4 is 5.32 Å². The van der Waals surface area contributed by atoms with Crippen LogP contribution in [-0.2, 0) is 13.5 Å². The van der Waals surface area contributed by atoms with Gasteiger partial charge < -0.3 is 5.32 Å². The molecular formula is C14H17BrClN3. The van der Waals surface area contributed by atoms with Crippen LogP contribution >= 0.6 is 27.5 Å². The number of likely N-dealkylation sites (N-methyl/N-ethyl adjacent to an activating group) is 1. The third-order valence-electron chi connectivity index (χ3n) is 3.29. The number of benzene rings is 1. The van der Waals surface area contributed by atoms with Crippen LogP contribution in [0.5, 0.6) is 0 Å². The van der Waals surface area contributed by atoms with Gasteiger partial charge in [-0.25, -0.2) is 0 Å². The van der Waals surface area contributed by atoms with E-state index in [2.05, 4.69) is 38.5 Å². The lowest BCUT2D eigenvalue weighted by Crippen LogP contribution is -2.20. The molecule has 19 heavy (non-hydrogen) atoms. The second-order valence-electron chi connectivity index (χ2n) is 4.54. The van der Waals surface area contributed by atoms with Gasteiger partial charge in [0.25, 0.3) is 0 Å². The van der Waals surface area contributed by atoms with Gasteiger partial charge in [-0.05, 0) is 25.6 Å². The molecule has 1 aromatic carbocycles. The fourth-order valence-corrected chi connectivity index (χ4v) is 3.02. The van der Waals surface area contributed by atoms with E-state index in [1.165, 1.54) is 5.56 Å². The first-order valence-electron chi connectivity index (χ1n) is 6.14. The van der Waals surface area contributed by atoms with Crippen LogP contribution in [0.4, 0.5) is 0 Å². The number of aryl methyl sites for hydroxylation is 2. The molecule has 1 N–H and O–H groups in total. The summed E-state index contributed by atoms with van der Waals surface area (Å²) in [6, 6.07) is 8.42. The number of nitrogens with one attached hydrogen (secondary N) is 1. The van der Waals surface area contributed by atoms with Gasteiger partial charge in [-0.15, -0.1) is 0 Å². The predicted molar refractivity (Wildman–Crippen MR) is 82.6 cm³/mol. The van der Waals surface area contributed by atoms with E-state index in [9.17, 15) is 0 Å². The molecule has 1 atom stereocenters. The average Bonchev–Trinajstić information content (AvgIpc) is 2.63. The molecule has 1 unspecified atom stereocenters. The summed E-state index contributed by atoms with van der Waals surface area (Å²) in [6.07, 6.45) is 0.801. The van der Waals surface area contributed by atoms with Gasteiger partial charge in [0.2, 0.25) is 0 Å². The van der Waals surface area contributed by atoms with Crippen LogP contribution in [0.15, 0.2) is 28.7 Å². The standard InChI is InChI=1S/C14H17BrClN3/c1-9-14(16)13(19(3)18-9)8-12(17-2)10-6-4-5-7-11(10)15/h4-7,12,17H,8H2,1-3H3. The number of hydrogen-bond acceptors (Lipinski definition) is 2. The Morgan fingerprint density at radius 1 is 1.42 bits per heavy atom. The first-order valence-corrected chi connectivity index (χ1v) is 7.31. The summed E-state index contributed by atoms with van der Waals surface area (Å²) in [7, 11) is 3.89. The normalized spacial score (nSPS) is 12.7. The molecule has 1 heterocycles. The zero-order valence-corrected chi connectivity index (χ0v) is 13.6. The quantitative estimate of drug-likeness (QED) is 0.919.